The number of hydrogen-bond donors (Lipinski definition) is 3. The molecule has 1 unspecified atom stereocenters. The summed E-state index contributed by atoms with van der Waals surface area (Å²) in [5, 5.41) is 19.4. The van der Waals surface area contributed by atoms with Crippen molar-refractivity contribution in [3.63, 3.8) is 0 Å². The summed E-state index contributed by atoms with van der Waals surface area (Å²) in [6.45, 7) is 3.37. The maximum Gasteiger partial charge on any atom is 0.415 e. The van der Waals surface area contributed by atoms with Crippen molar-refractivity contribution in [2.24, 2.45) is 0 Å². The van der Waals surface area contributed by atoms with Crippen LogP contribution in [0.4, 0.5) is 4.79 Å². The molecular formula is C29H31ClN2O5. The van der Waals surface area contributed by atoms with Crippen molar-refractivity contribution in [2.45, 2.75) is 32.4 Å². The number of nitrogens with zero attached hydrogens (tertiary/aromatic N) is 1. The fourth-order valence-electron chi connectivity index (χ4n) is 4.06. The molecule has 8 heteroatoms. The summed E-state index contributed by atoms with van der Waals surface area (Å²) in [5.41, 5.74) is 4.48. The molecule has 1 amide bonds. The van der Waals surface area contributed by atoms with Gasteiger partial charge in [-0.3, -0.25) is 0 Å². The predicted molar refractivity (Wildman–Crippen MR) is 144 cm³/mol. The zero-order valence-electron chi connectivity index (χ0n) is 20.7. The number of amides is 1. The molecular weight excluding hydrogens is 492 g/mol. The van der Waals surface area contributed by atoms with E-state index in [1.165, 1.54) is 5.56 Å². The first kappa shape index (κ1) is 26.5. The SMILES string of the molecule is Cc1ccc(OC(=O)N2CCc3c([nH]c4ccc(Cl)cc34)C2)cc1.OCC(O)CCOc1ccccc1. The minimum atomic E-state index is -0.677. The molecule has 0 saturated heterocycles. The van der Waals surface area contributed by atoms with Gasteiger partial charge in [0.05, 0.1) is 25.9 Å². The molecule has 37 heavy (non-hydrogen) atoms. The maximum absolute atomic E-state index is 12.4. The van der Waals surface area contributed by atoms with Crippen molar-refractivity contribution in [3.05, 3.63) is 94.6 Å². The quantitative estimate of drug-likeness (QED) is 0.311. The molecule has 7 nitrogen and oxygen atoms in total. The Hall–Kier alpha value is -3.52. The Bertz CT molecular complexity index is 1310. The van der Waals surface area contributed by atoms with E-state index >= 15 is 0 Å². The van der Waals surface area contributed by atoms with Crippen molar-refractivity contribution in [2.75, 3.05) is 19.8 Å². The molecule has 1 atom stereocenters. The number of aliphatic hydroxyl groups excluding tert-OH is 2. The number of aliphatic hydroxyl groups is 2. The number of benzene rings is 3. The van der Waals surface area contributed by atoms with Crippen LogP contribution in [0, 0.1) is 6.92 Å². The van der Waals surface area contributed by atoms with Crippen molar-refractivity contribution < 1.29 is 24.5 Å². The zero-order chi connectivity index (χ0) is 26.2. The largest absolute Gasteiger partial charge is 0.493 e. The lowest BCUT2D eigenvalue weighted by atomic mass is 10.0. The van der Waals surface area contributed by atoms with Gasteiger partial charge in [-0.1, -0.05) is 47.5 Å². The van der Waals surface area contributed by atoms with E-state index in [0.717, 1.165) is 39.4 Å². The molecule has 194 valence electrons. The highest BCUT2D eigenvalue weighted by atomic mass is 35.5. The van der Waals surface area contributed by atoms with Gasteiger partial charge in [0.2, 0.25) is 0 Å². The van der Waals surface area contributed by atoms with Gasteiger partial charge in [0.15, 0.2) is 0 Å². The summed E-state index contributed by atoms with van der Waals surface area (Å²) in [6.07, 6.45) is 0.245. The van der Waals surface area contributed by atoms with Crippen LogP contribution in [-0.4, -0.2) is 52.1 Å². The number of nitrogens with one attached hydrogen (secondary N) is 1. The third-order valence-electron chi connectivity index (χ3n) is 6.10. The highest BCUT2D eigenvalue weighted by molar-refractivity contribution is 6.31. The standard InChI is InChI=1S/C19H17ClN2O2.C10H14O3/c1-12-2-5-14(6-3-12)24-19(23)22-9-8-15-16-10-13(20)4-7-17(16)21-18(15)11-22;11-8-9(12)6-7-13-10-4-2-1-3-5-10/h2-7,10,21H,8-9,11H2,1H3;1-5,9,11-12H,6-8H2. The number of H-pyrrole nitrogens is 1. The summed E-state index contributed by atoms with van der Waals surface area (Å²) >= 11 is 6.10. The zero-order valence-corrected chi connectivity index (χ0v) is 21.4. The normalized spacial score (nSPS) is 13.4. The topological polar surface area (TPSA) is 95.0 Å². The Morgan fingerprint density at radius 3 is 2.57 bits per heavy atom. The Morgan fingerprint density at radius 2 is 1.84 bits per heavy atom. The van der Waals surface area contributed by atoms with E-state index in [9.17, 15) is 4.79 Å². The summed E-state index contributed by atoms with van der Waals surface area (Å²) < 4.78 is 10.8. The molecule has 3 N–H and O–H groups in total. The van der Waals surface area contributed by atoms with Crippen molar-refractivity contribution >= 4 is 28.6 Å². The Morgan fingerprint density at radius 1 is 1.08 bits per heavy atom. The third kappa shape index (κ3) is 7.26. The highest BCUT2D eigenvalue weighted by Gasteiger charge is 2.25. The molecule has 0 radical (unpaired) electrons. The molecule has 0 bridgehead atoms. The second-order valence-electron chi connectivity index (χ2n) is 8.91. The van der Waals surface area contributed by atoms with E-state index in [4.69, 9.17) is 31.3 Å². The molecule has 0 spiro atoms. The van der Waals surface area contributed by atoms with Crippen LogP contribution < -0.4 is 9.47 Å². The van der Waals surface area contributed by atoms with Crippen LogP contribution in [0.5, 0.6) is 11.5 Å². The first-order chi connectivity index (χ1) is 17.9. The van der Waals surface area contributed by atoms with Crippen molar-refractivity contribution in [3.8, 4) is 11.5 Å². The summed E-state index contributed by atoms with van der Waals surface area (Å²) in [7, 11) is 0. The lowest BCUT2D eigenvalue weighted by Gasteiger charge is -2.26. The molecule has 0 aliphatic carbocycles. The summed E-state index contributed by atoms with van der Waals surface area (Å²) in [5.74, 6) is 1.35. The van der Waals surface area contributed by atoms with E-state index < -0.39 is 6.10 Å². The Balaban J connectivity index is 0.000000209. The molecule has 0 saturated carbocycles. The summed E-state index contributed by atoms with van der Waals surface area (Å²) in [6, 6.07) is 22.7. The van der Waals surface area contributed by atoms with E-state index in [2.05, 4.69) is 4.98 Å². The summed E-state index contributed by atoms with van der Waals surface area (Å²) in [4.78, 5) is 17.5. The van der Waals surface area contributed by atoms with Gasteiger partial charge in [-0.2, -0.15) is 0 Å². The molecule has 1 aromatic heterocycles. The number of carbonyl (C=O) groups is 1. The lowest BCUT2D eigenvalue weighted by Crippen LogP contribution is -2.37. The fourth-order valence-corrected chi connectivity index (χ4v) is 4.23. The first-order valence-electron chi connectivity index (χ1n) is 12.2. The lowest BCUT2D eigenvalue weighted by molar-refractivity contribution is 0.0754. The van der Waals surface area contributed by atoms with Gasteiger partial charge in [0.1, 0.15) is 11.5 Å². The number of aryl methyl sites for hydroxylation is 1. The maximum atomic E-state index is 12.4. The minimum absolute atomic E-state index is 0.210. The second kappa shape index (κ2) is 12.6. The van der Waals surface area contributed by atoms with Crippen molar-refractivity contribution in [1.82, 2.24) is 9.88 Å². The van der Waals surface area contributed by atoms with Crippen LogP contribution in [0.25, 0.3) is 10.9 Å². The third-order valence-corrected chi connectivity index (χ3v) is 6.33. The minimum Gasteiger partial charge on any atom is -0.493 e. The number of aromatic amines is 1. The van der Waals surface area contributed by atoms with Gasteiger partial charge in [0, 0.05) is 34.6 Å². The number of fused-ring (bicyclic) bond motifs is 3. The van der Waals surface area contributed by atoms with Crippen LogP contribution in [-0.2, 0) is 13.0 Å². The molecule has 1 aliphatic heterocycles. The van der Waals surface area contributed by atoms with Gasteiger partial charge in [0.25, 0.3) is 0 Å². The Kier molecular flexibility index (Phi) is 9.06. The van der Waals surface area contributed by atoms with Crippen LogP contribution >= 0.6 is 11.6 Å². The smallest absolute Gasteiger partial charge is 0.415 e. The molecule has 1 aliphatic rings. The Labute approximate surface area is 221 Å². The number of para-hydroxylation sites is 1. The average Bonchev–Trinajstić information content (AvgIpc) is 3.28. The predicted octanol–water partition coefficient (Wildman–Crippen LogP) is 5.50. The number of halogens is 1. The van der Waals surface area contributed by atoms with Gasteiger partial charge in [-0.15, -0.1) is 0 Å². The van der Waals surface area contributed by atoms with Gasteiger partial charge < -0.3 is 29.6 Å². The van der Waals surface area contributed by atoms with Gasteiger partial charge in [-0.25, -0.2) is 4.79 Å². The molecule has 3 aromatic carbocycles. The van der Waals surface area contributed by atoms with Crippen LogP contribution in [0.15, 0.2) is 72.8 Å². The fraction of sp³-hybridized carbons (Fsp3) is 0.276. The molecule has 0 fully saturated rings. The number of ether oxygens (including phenoxy) is 2. The number of hydrogen-bond acceptors (Lipinski definition) is 5. The van der Waals surface area contributed by atoms with E-state index in [1.807, 2.05) is 79.7 Å². The van der Waals surface area contributed by atoms with Crippen LogP contribution in [0.1, 0.15) is 23.2 Å². The molecule has 4 aromatic rings. The van der Waals surface area contributed by atoms with Gasteiger partial charge >= 0.3 is 6.09 Å². The van der Waals surface area contributed by atoms with Crippen LogP contribution in [0.2, 0.25) is 5.02 Å². The monoisotopic (exact) mass is 522 g/mol. The number of rotatable bonds is 6. The van der Waals surface area contributed by atoms with E-state index in [1.54, 1.807) is 4.90 Å². The number of carbonyl (C=O) groups excluding carboxylic acids is 1. The molecule has 5 rings (SSSR count). The van der Waals surface area contributed by atoms with Gasteiger partial charge in [-0.05, 0) is 61.4 Å². The highest BCUT2D eigenvalue weighted by Crippen LogP contribution is 2.30. The van der Waals surface area contributed by atoms with Crippen LogP contribution in [0.3, 0.4) is 0 Å². The first-order valence-corrected chi connectivity index (χ1v) is 12.6. The van der Waals surface area contributed by atoms with E-state index in [-0.39, 0.29) is 12.7 Å². The second-order valence-corrected chi connectivity index (χ2v) is 9.35. The van der Waals surface area contributed by atoms with E-state index in [0.29, 0.717) is 31.9 Å². The average molecular weight is 523 g/mol. The van der Waals surface area contributed by atoms with Crippen molar-refractivity contribution in [1.29, 1.82) is 0 Å². The molecule has 2 heterocycles. The number of aromatic nitrogens is 1.